The highest BCUT2D eigenvalue weighted by Crippen LogP contribution is 2.44. The van der Waals surface area contributed by atoms with Gasteiger partial charge in [-0.2, -0.15) is 0 Å². The van der Waals surface area contributed by atoms with E-state index in [0.29, 0.717) is 5.01 Å². The van der Waals surface area contributed by atoms with E-state index in [1.807, 2.05) is 6.07 Å². The van der Waals surface area contributed by atoms with Gasteiger partial charge in [0.1, 0.15) is 0 Å². The van der Waals surface area contributed by atoms with Gasteiger partial charge in [-0.3, -0.25) is 4.79 Å². The van der Waals surface area contributed by atoms with Crippen molar-refractivity contribution in [3.05, 3.63) is 39.7 Å². The number of hydrogen-bond donors (Lipinski definition) is 0. The molecule has 3 heteroatoms. The molecule has 1 aromatic carbocycles. The maximum atomic E-state index is 10.8. The standard InChI is InChI=1S/C14H13NOS/c1-14(2)7-11-13(15-12(8-16)17-11)9-5-3-4-6-10(9)14/h3-6,8H,7H2,1-2H3. The van der Waals surface area contributed by atoms with Gasteiger partial charge in [0.15, 0.2) is 11.3 Å². The van der Waals surface area contributed by atoms with E-state index in [2.05, 4.69) is 37.0 Å². The van der Waals surface area contributed by atoms with E-state index in [0.717, 1.165) is 18.4 Å². The third kappa shape index (κ3) is 1.53. The normalized spacial score (nSPS) is 16.1. The Morgan fingerprint density at radius 3 is 2.88 bits per heavy atom. The number of aromatic nitrogens is 1. The van der Waals surface area contributed by atoms with E-state index in [1.54, 1.807) is 0 Å². The summed E-state index contributed by atoms with van der Waals surface area (Å²) in [6, 6.07) is 8.37. The van der Waals surface area contributed by atoms with Crippen LogP contribution in [0.3, 0.4) is 0 Å². The Balaban J connectivity index is 2.29. The number of rotatable bonds is 1. The molecule has 0 fully saturated rings. The van der Waals surface area contributed by atoms with Crippen molar-refractivity contribution in [2.45, 2.75) is 25.7 Å². The Bertz CT molecular complexity index is 598. The Morgan fingerprint density at radius 1 is 1.35 bits per heavy atom. The average molecular weight is 243 g/mol. The van der Waals surface area contributed by atoms with E-state index in [1.165, 1.54) is 27.3 Å². The fourth-order valence-corrected chi connectivity index (χ4v) is 3.65. The molecule has 86 valence electrons. The largest absolute Gasteiger partial charge is 0.295 e. The number of carbonyl (C=O) groups excluding carboxylic acids is 1. The van der Waals surface area contributed by atoms with E-state index in [-0.39, 0.29) is 5.41 Å². The minimum Gasteiger partial charge on any atom is -0.295 e. The number of nitrogens with zero attached hydrogens (tertiary/aromatic N) is 1. The van der Waals surface area contributed by atoms with Crippen LogP contribution in [-0.4, -0.2) is 11.3 Å². The number of hydrogen-bond acceptors (Lipinski definition) is 3. The summed E-state index contributed by atoms with van der Waals surface area (Å²) in [6.07, 6.45) is 1.81. The van der Waals surface area contributed by atoms with Crippen molar-refractivity contribution < 1.29 is 4.79 Å². The zero-order valence-corrected chi connectivity index (χ0v) is 10.7. The lowest BCUT2D eigenvalue weighted by Gasteiger charge is -2.31. The van der Waals surface area contributed by atoms with Crippen molar-refractivity contribution in [1.29, 1.82) is 0 Å². The Hall–Kier alpha value is -1.48. The van der Waals surface area contributed by atoms with Crippen molar-refractivity contribution in [2.75, 3.05) is 0 Å². The SMILES string of the molecule is CC1(C)Cc2sc(C=O)nc2-c2ccccc21. The average Bonchev–Trinajstić information content (AvgIpc) is 2.71. The van der Waals surface area contributed by atoms with Gasteiger partial charge in [-0.25, -0.2) is 4.98 Å². The third-order valence-corrected chi connectivity index (χ3v) is 4.31. The minimum atomic E-state index is 0.121. The number of fused-ring (bicyclic) bond motifs is 3. The second kappa shape index (κ2) is 3.50. The topological polar surface area (TPSA) is 30.0 Å². The molecule has 0 saturated heterocycles. The van der Waals surface area contributed by atoms with Crippen LogP contribution in [0, 0.1) is 0 Å². The van der Waals surface area contributed by atoms with E-state index in [9.17, 15) is 4.79 Å². The van der Waals surface area contributed by atoms with Crippen LogP contribution in [0.1, 0.15) is 34.1 Å². The van der Waals surface area contributed by atoms with Gasteiger partial charge in [0.05, 0.1) is 5.69 Å². The van der Waals surface area contributed by atoms with Gasteiger partial charge in [0, 0.05) is 10.4 Å². The first-order valence-corrected chi connectivity index (χ1v) is 6.48. The number of carbonyl (C=O) groups is 1. The molecule has 17 heavy (non-hydrogen) atoms. The molecule has 0 bridgehead atoms. The van der Waals surface area contributed by atoms with Gasteiger partial charge in [-0.05, 0) is 17.4 Å². The maximum absolute atomic E-state index is 10.8. The molecule has 3 rings (SSSR count). The van der Waals surface area contributed by atoms with Gasteiger partial charge < -0.3 is 0 Å². The van der Waals surface area contributed by atoms with Crippen LogP contribution in [0.2, 0.25) is 0 Å². The molecule has 0 atom stereocenters. The molecule has 0 spiro atoms. The molecule has 2 aromatic rings. The van der Waals surface area contributed by atoms with Crippen LogP contribution in [0.25, 0.3) is 11.3 Å². The predicted molar refractivity (Wildman–Crippen MR) is 69.7 cm³/mol. The first kappa shape index (κ1) is 10.7. The Kier molecular flexibility index (Phi) is 2.20. The highest BCUT2D eigenvalue weighted by Gasteiger charge is 2.32. The maximum Gasteiger partial charge on any atom is 0.178 e. The zero-order valence-electron chi connectivity index (χ0n) is 9.86. The molecule has 0 amide bonds. The lowest BCUT2D eigenvalue weighted by Crippen LogP contribution is -2.24. The lowest BCUT2D eigenvalue weighted by molar-refractivity contribution is 0.112. The van der Waals surface area contributed by atoms with Crippen molar-refractivity contribution in [1.82, 2.24) is 4.98 Å². The van der Waals surface area contributed by atoms with Gasteiger partial charge in [-0.15, -0.1) is 11.3 Å². The quantitative estimate of drug-likeness (QED) is 0.718. The number of thiazole rings is 1. The van der Waals surface area contributed by atoms with Gasteiger partial charge >= 0.3 is 0 Å². The number of aldehydes is 1. The highest BCUT2D eigenvalue weighted by molar-refractivity contribution is 7.13. The molecule has 2 nitrogen and oxygen atoms in total. The molecule has 1 aromatic heterocycles. The summed E-state index contributed by atoms with van der Waals surface area (Å²) in [7, 11) is 0. The second-order valence-electron chi connectivity index (χ2n) is 5.05. The van der Waals surface area contributed by atoms with Crippen LogP contribution >= 0.6 is 11.3 Å². The fraction of sp³-hybridized carbons (Fsp3) is 0.286. The van der Waals surface area contributed by atoms with Crippen molar-refractivity contribution in [2.24, 2.45) is 0 Å². The monoisotopic (exact) mass is 243 g/mol. The molecule has 0 aliphatic heterocycles. The van der Waals surface area contributed by atoms with Crippen molar-refractivity contribution in [3.63, 3.8) is 0 Å². The molecule has 0 N–H and O–H groups in total. The molecule has 0 radical (unpaired) electrons. The minimum absolute atomic E-state index is 0.121. The molecule has 1 aliphatic carbocycles. The van der Waals surface area contributed by atoms with Gasteiger partial charge in [-0.1, -0.05) is 38.1 Å². The van der Waals surface area contributed by atoms with Crippen molar-refractivity contribution >= 4 is 17.6 Å². The summed E-state index contributed by atoms with van der Waals surface area (Å²) in [4.78, 5) is 16.5. The molecular weight excluding hydrogens is 230 g/mol. The molecule has 1 aliphatic rings. The van der Waals surface area contributed by atoms with Crippen LogP contribution in [0.5, 0.6) is 0 Å². The molecule has 0 unspecified atom stereocenters. The van der Waals surface area contributed by atoms with Gasteiger partial charge in [0.25, 0.3) is 0 Å². The Morgan fingerprint density at radius 2 is 2.12 bits per heavy atom. The highest BCUT2D eigenvalue weighted by atomic mass is 32.1. The summed E-state index contributed by atoms with van der Waals surface area (Å²) in [6.45, 7) is 4.49. The summed E-state index contributed by atoms with van der Waals surface area (Å²) in [5.74, 6) is 0. The summed E-state index contributed by atoms with van der Waals surface area (Å²) >= 11 is 1.52. The van der Waals surface area contributed by atoms with E-state index in [4.69, 9.17) is 0 Å². The zero-order chi connectivity index (χ0) is 12.0. The second-order valence-corrected chi connectivity index (χ2v) is 6.16. The first-order chi connectivity index (χ1) is 8.12. The smallest absolute Gasteiger partial charge is 0.178 e. The van der Waals surface area contributed by atoms with Crippen LogP contribution in [0.15, 0.2) is 24.3 Å². The number of benzene rings is 1. The lowest BCUT2D eigenvalue weighted by atomic mass is 9.74. The van der Waals surface area contributed by atoms with E-state index >= 15 is 0 Å². The first-order valence-electron chi connectivity index (χ1n) is 5.66. The Labute approximate surface area is 104 Å². The van der Waals surface area contributed by atoms with Crippen molar-refractivity contribution in [3.8, 4) is 11.3 Å². The van der Waals surface area contributed by atoms with E-state index < -0.39 is 0 Å². The van der Waals surface area contributed by atoms with Crippen LogP contribution < -0.4 is 0 Å². The molecule has 1 heterocycles. The summed E-state index contributed by atoms with van der Waals surface area (Å²) < 4.78 is 0. The summed E-state index contributed by atoms with van der Waals surface area (Å²) in [5, 5.41) is 0.586. The molecular formula is C14H13NOS. The molecule has 0 saturated carbocycles. The summed E-state index contributed by atoms with van der Waals surface area (Å²) in [5.41, 5.74) is 3.64. The fourth-order valence-electron chi connectivity index (χ4n) is 2.53. The third-order valence-electron chi connectivity index (χ3n) is 3.33. The predicted octanol–water partition coefficient (Wildman–Crippen LogP) is 3.46. The van der Waals surface area contributed by atoms with Crippen LogP contribution in [-0.2, 0) is 11.8 Å². The van der Waals surface area contributed by atoms with Gasteiger partial charge in [0.2, 0.25) is 0 Å². The van der Waals surface area contributed by atoms with Crippen LogP contribution in [0.4, 0.5) is 0 Å².